The molecule has 0 bridgehead atoms. The maximum atomic E-state index is 13.9. The maximum absolute atomic E-state index is 13.9. The number of amides is 1. The third kappa shape index (κ3) is 4.47. The molecule has 1 heterocycles. The number of rotatable bonds is 6. The van der Waals surface area contributed by atoms with Gasteiger partial charge in [-0.1, -0.05) is 24.3 Å². The minimum atomic E-state index is -1.21. The average Bonchev–Trinajstić information content (AvgIpc) is 2.80. The summed E-state index contributed by atoms with van der Waals surface area (Å²) in [4.78, 5) is 32.2. The number of carbonyl (C=O) groups is 2. The minimum absolute atomic E-state index is 0.0693. The van der Waals surface area contributed by atoms with Gasteiger partial charge in [0, 0.05) is 11.1 Å². The van der Waals surface area contributed by atoms with Gasteiger partial charge >= 0.3 is 5.97 Å². The second kappa shape index (κ2) is 8.99. The zero-order chi connectivity index (χ0) is 23.5. The summed E-state index contributed by atoms with van der Waals surface area (Å²) in [5, 5.41) is 15.7. The number of halogens is 2. The lowest BCUT2D eigenvalue weighted by Gasteiger charge is -2.17. The Kier molecular flexibility index (Phi) is 5.95. The van der Waals surface area contributed by atoms with Crippen LogP contribution in [-0.4, -0.2) is 27.0 Å². The number of anilines is 2. The quantitative estimate of drug-likeness (QED) is 0.382. The average molecular weight is 448 g/mol. The normalized spacial score (nSPS) is 11.7. The topological polar surface area (TPSA) is 104 Å². The number of carbonyl (C=O) groups excluding carboxylic acids is 1. The molecule has 0 saturated carbocycles. The highest BCUT2D eigenvalue weighted by molar-refractivity contribution is 6.05. The highest BCUT2D eigenvalue weighted by Gasteiger charge is 2.17. The van der Waals surface area contributed by atoms with Gasteiger partial charge in [0.25, 0.3) is 5.91 Å². The summed E-state index contributed by atoms with van der Waals surface area (Å²) in [6.45, 7) is 1.86. The number of carboxylic acids is 1. The van der Waals surface area contributed by atoms with Crippen LogP contribution in [0.3, 0.4) is 0 Å². The molecule has 0 spiro atoms. The Morgan fingerprint density at radius 2 is 1.70 bits per heavy atom. The van der Waals surface area contributed by atoms with Crippen molar-refractivity contribution < 1.29 is 23.5 Å². The van der Waals surface area contributed by atoms with Crippen molar-refractivity contribution in [1.82, 2.24) is 9.97 Å². The molecule has 4 rings (SSSR count). The molecule has 166 valence electrons. The van der Waals surface area contributed by atoms with E-state index in [1.807, 2.05) is 13.0 Å². The predicted octanol–water partition coefficient (Wildman–Crippen LogP) is 5.03. The molecule has 0 aliphatic rings. The van der Waals surface area contributed by atoms with Crippen LogP contribution in [0, 0.1) is 11.6 Å². The molecule has 7 nitrogen and oxygen atoms in total. The lowest BCUT2D eigenvalue weighted by Crippen LogP contribution is -2.15. The Labute approximate surface area is 187 Å². The van der Waals surface area contributed by atoms with Gasteiger partial charge in [-0.2, -0.15) is 0 Å². The van der Waals surface area contributed by atoms with Crippen LogP contribution in [0.1, 0.15) is 39.2 Å². The Morgan fingerprint density at radius 1 is 0.970 bits per heavy atom. The number of nitrogens with one attached hydrogen (secondary N) is 2. The largest absolute Gasteiger partial charge is 0.478 e. The second-order valence-electron chi connectivity index (χ2n) is 7.28. The first-order valence-corrected chi connectivity index (χ1v) is 9.94. The van der Waals surface area contributed by atoms with Crippen molar-refractivity contribution in [1.29, 1.82) is 0 Å². The number of nitrogens with zero attached hydrogens (tertiary/aromatic N) is 2. The van der Waals surface area contributed by atoms with Gasteiger partial charge in [0.15, 0.2) is 11.6 Å². The summed E-state index contributed by atoms with van der Waals surface area (Å²) in [5.74, 6) is -3.72. The molecule has 0 radical (unpaired) electrons. The number of carboxylic acid groups (broad SMARTS) is 1. The molecule has 3 N–H and O–H groups in total. The second-order valence-corrected chi connectivity index (χ2v) is 7.28. The Morgan fingerprint density at radius 3 is 2.48 bits per heavy atom. The van der Waals surface area contributed by atoms with Crippen LogP contribution >= 0.6 is 0 Å². The third-order valence-electron chi connectivity index (χ3n) is 5.09. The van der Waals surface area contributed by atoms with E-state index in [1.54, 1.807) is 30.3 Å². The summed E-state index contributed by atoms with van der Waals surface area (Å²) in [5.41, 5.74) is 1.16. The van der Waals surface area contributed by atoms with Crippen molar-refractivity contribution in [3.05, 3.63) is 95.3 Å². The Bertz CT molecular complexity index is 1380. The van der Waals surface area contributed by atoms with E-state index in [0.717, 1.165) is 11.6 Å². The zero-order valence-electron chi connectivity index (χ0n) is 17.3. The molecule has 1 atom stereocenters. The summed E-state index contributed by atoms with van der Waals surface area (Å²) in [7, 11) is 0. The number of benzene rings is 3. The molecule has 0 fully saturated rings. The van der Waals surface area contributed by atoms with Crippen molar-refractivity contribution in [3.63, 3.8) is 0 Å². The van der Waals surface area contributed by atoms with Crippen molar-refractivity contribution in [2.75, 3.05) is 10.6 Å². The lowest BCUT2D eigenvalue weighted by molar-refractivity contribution is 0.0698. The van der Waals surface area contributed by atoms with E-state index < -0.39 is 29.1 Å². The van der Waals surface area contributed by atoms with Gasteiger partial charge in [-0.15, -0.1) is 0 Å². The Balaban J connectivity index is 1.57. The van der Waals surface area contributed by atoms with E-state index in [0.29, 0.717) is 22.4 Å². The van der Waals surface area contributed by atoms with Gasteiger partial charge in [0.2, 0.25) is 0 Å². The molecule has 9 heteroatoms. The summed E-state index contributed by atoms with van der Waals surface area (Å²) in [6, 6.07) is 14.8. The van der Waals surface area contributed by atoms with Gasteiger partial charge in [0.05, 0.1) is 22.7 Å². The van der Waals surface area contributed by atoms with E-state index in [1.165, 1.54) is 24.5 Å². The van der Waals surface area contributed by atoms with E-state index >= 15 is 0 Å². The SMILES string of the molecule is C[C@@H](Nc1ncnc2c(C(=O)O)cccc12)c1cccc(NC(=O)c2cccc(F)c2F)c1. The molecule has 4 aromatic rings. The minimum Gasteiger partial charge on any atom is -0.478 e. The van der Waals surface area contributed by atoms with Crippen LogP contribution in [0.2, 0.25) is 0 Å². The van der Waals surface area contributed by atoms with Crippen molar-refractivity contribution >= 4 is 34.3 Å². The van der Waals surface area contributed by atoms with E-state index in [-0.39, 0.29) is 11.6 Å². The number of hydrogen-bond donors (Lipinski definition) is 3. The Hall–Kier alpha value is -4.40. The van der Waals surface area contributed by atoms with E-state index in [2.05, 4.69) is 20.6 Å². The van der Waals surface area contributed by atoms with Crippen LogP contribution in [0.15, 0.2) is 67.0 Å². The molecule has 0 saturated heterocycles. The molecule has 0 aliphatic carbocycles. The van der Waals surface area contributed by atoms with Crippen molar-refractivity contribution in [2.45, 2.75) is 13.0 Å². The molecule has 1 aromatic heterocycles. The van der Waals surface area contributed by atoms with Crippen LogP contribution in [0.25, 0.3) is 10.9 Å². The van der Waals surface area contributed by atoms with Gasteiger partial charge in [0.1, 0.15) is 12.1 Å². The van der Waals surface area contributed by atoms with E-state index in [4.69, 9.17) is 0 Å². The number of aromatic nitrogens is 2. The first-order valence-electron chi connectivity index (χ1n) is 9.94. The first-order chi connectivity index (χ1) is 15.8. The van der Waals surface area contributed by atoms with E-state index in [9.17, 15) is 23.5 Å². The van der Waals surface area contributed by atoms with Crippen molar-refractivity contribution in [2.24, 2.45) is 0 Å². The molecule has 33 heavy (non-hydrogen) atoms. The fourth-order valence-corrected chi connectivity index (χ4v) is 3.43. The summed E-state index contributed by atoms with van der Waals surface area (Å²) >= 11 is 0. The van der Waals surface area contributed by atoms with Gasteiger partial charge in [-0.25, -0.2) is 23.5 Å². The third-order valence-corrected chi connectivity index (χ3v) is 5.09. The highest BCUT2D eigenvalue weighted by atomic mass is 19.2. The monoisotopic (exact) mass is 448 g/mol. The predicted molar refractivity (Wildman–Crippen MR) is 119 cm³/mol. The van der Waals surface area contributed by atoms with Crippen LogP contribution in [-0.2, 0) is 0 Å². The standard InChI is InChI=1S/C24H18F2N4O3/c1-13(29-22-17-8-3-9-18(24(32)33)21(17)27-12-28-22)14-5-2-6-15(11-14)30-23(31)16-7-4-10-19(25)20(16)26/h2-13H,1H3,(H,30,31)(H,32,33)(H,27,28,29)/t13-/m1/s1. The summed E-state index contributed by atoms with van der Waals surface area (Å²) in [6.07, 6.45) is 1.29. The smallest absolute Gasteiger partial charge is 0.337 e. The van der Waals surface area contributed by atoms with Gasteiger partial charge in [-0.3, -0.25) is 4.79 Å². The molecular formula is C24H18F2N4O3. The molecule has 1 amide bonds. The number of fused-ring (bicyclic) bond motifs is 1. The van der Waals surface area contributed by atoms with Crippen LogP contribution in [0.4, 0.5) is 20.3 Å². The number of aromatic carboxylic acids is 1. The maximum Gasteiger partial charge on any atom is 0.337 e. The summed E-state index contributed by atoms with van der Waals surface area (Å²) < 4.78 is 27.3. The van der Waals surface area contributed by atoms with Crippen LogP contribution < -0.4 is 10.6 Å². The number of para-hydroxylation sites is 1. The number of hydrogen-bond acceptors (Lipinski definition) is 5. The highest BCUT2D eigenvalue weighted by Crippen LogP contribution is 2.27. The molecule has 0 aliphatic heterocycles. The fraction of sp³-hybridized carbons (Fsp3) is 0.0833. The molecular weight excluding hydrogens is 430 g/mol. The molecule has 3 aromatic carbocycles. The zero-order valence-corrected chi connectivity index (χ0v) is 17.3. The van der Waals surface area contributed by atoms with Gasteiger partial charge in [-0.05, 0) is 48.9 Å². The first kappa shape index (κ1) is 21.8. The van der Waals surface area contributed by atoms with Crippen molar-refractivity contribution in [3.8, 4) is 0 Å². The van der Waals surface area contributed by atoms with Gasteiger partial charge < -0.3 is 15.7 Å². The lowest BCUT2D eigenvalue weighted by atomic mass is 10.1. The molecule has 0 unspecified atom stereocenters. The van der Waals surface area contributed by atoms with Crippen LogP contribution in [0.5, 0.6) is 0 Å². The fourth-order valence-electron chi connectivity index (χ4n) is 3.43.